The van der Waals surface area contributed by atoms with E-state index in [0.717, 1.165) is 12.8 Å². The number of hydrogen-bond acceptors (Lipinski definition) is 1. The van der Waals surface area contributed by atoms with Crippen molar-refractivity contribution in [2.45, 2.75) is 52.0 Å². The number of benzene rings is 2. The molecule has 1 aliphatic carbocycles. The van der Waals surface area contributed by atoms with Crippen molar-refractivity contribution < 1.29 is 0 Å². The van der Waals surface area contributed by atoms with Crippen molar-refractivity contribution in [1.29, 1.82) is 0 Å². The number of nitrogens with one attached hydrogen (secondary N) is 1. The van der Waals surface area contributed by atoms with E-state index in [1.807, 2.05) is 0 Å². The first-order chi connectivity index (χ1) is 10.1. The van der Waals surface area contributed by atoms with E-state index in [1.54, 1.807) is 0 Å². The van der Waals surface area contributed by atoms with Gasteiger partial charge < -0.3 is 5.32 Å². The number of fused-ring (bicyclic) bond motifs is 1. The maximum atomic E-state index is 3.70. The predicted octanol–water partition coefficient (Wildman–Crippen LogP) is 5.44. The average molecular weight is 279 g/mol. The molecule has 0 spiro atoms. The first kappa shape index (κ1) is 14.2. The Labute approximate surface area is 128 Å². The summed E-state index contributed by atoms with van der Waals surface area (Å²) in [6, 6.07) is 15.7. The topological polar surface area (TPSA) is 12.0 Å². The quantitative estimate of drug-likeness (QED) is 0.768. The zero-order valence-electron chi connectivity index (χ0n) is 13.4. The van der Waals surface area contributed by atoms with Crippen LogP contribution in [0.1, 0.15) is 44.7 Å². The summed E-state index contributed by atoms with van der Waals surface area (Å²) in [5, 5.41) is 3.70. The van der Waals surface area contributed by atoms with Gasteiger partial charge in [0, 0.05) is 11.2 Å². The monoisotopic (exact) mass is 279 g/mol. The maximum absolute atomic E-state index is 3.70. The summed E-state index contributed by atoms with van der Waals surface area (Å²) in [7, 11) is 0. The van der Waals surface area contributed by atoms with Crippen LogP contribution in [0.25, 0.3) is 11.1 Å². The molecule has 0 bridgehead atoms. The van der Waals surface area contributed by atoms with Crippen LogP contribution in [0.15, 0.2) is 42.5 Å². The molecular formula is C20H25N. The molecular weight excluding hydrogens is 254 g/mol. The lowest BCUT2D eigenvalue weighted by atomic mass is 9.86. The van der Waals surface area contributed by atoms with Gasteiger partial charge in [0.2, 0.25) is 0 Å². The van der Waals surface area contributed by atoms with E-state index >= 15 is 0 Å². The van der Waals surface area contributed by atoms with E-state index in [2.05, 4.69) is 68.6 Å². The summed E-state index contributed by atoms with van der Waals surface area (Å²) in [6.07, 6.45) is 4.76. The molecule has 1 N–H and O–H groups in total. The Bertz CT molecular complexity index is 638. The highest BCUT2D eigenvalue weighted by Gasteiger charge is 2.19. The molecule has 0 atom stereocenters. The maximum Gasteiger partial charge on any atom is 0.0350 e. The van der Waals surface area contributed by atoms with Crippen LogP contribution in [0.5, 0.6) is 0 Å². The van der Waals surface area contributed by atoms with Crippen molar-refractivity contribution in [3.05, 3.63) is 53.6 Å². The van der Waals surface area contributed by atoms with E-state index in [9.17, 15) is 0 Å². The van der Waals surface area contributed by atoms with E-state index in [1.165, 1.54) is 40.8 Å². The van der Waals surface area contributed by atoms with Gasteiger partial charge in [0.05, 0.1) is 0 Å². The van der Waals surface area contributed by atoms with Gasteiger partial charge in [0.1, 0.15) is 0 Å². The zero-order valence-corrected chi connectivity index (χ0v) is 13.4. The first-order valence-corrected chi connectivity index (χ1v) is 8.14. The average Bonchev–Trinajstić information content (AvgIpc) is 2.49. The summed E-state index contributed by atoms with van der Waals surface area (Å²) in [4.78, 5) is 0. The van der Waals surface area contributed by atoms with Crippen LogP contribution in [0.2, 0.25) is 0 Å². The molecule has 0 fully saturated rings. The Morgan fingerprint density at radius 1 is 0.905 bits per heavy atom. The van der Waals surface area contributed by atoms with Crippen LogP contribution in [0.4, 0.5) is 5.69 Å². The predicted molar refractivity (Wildman–Crippen MR) is 91.9 cm³/mol. The van der Waals surface area contributed by atoms with Crippen molar-refractivity contribution in [3.8, 4) is 11.1 Å². The molecule has 0 heterocycles. The van der Waals surface area contributed by atoms with Crippen LogP contribution in [-0.2, 0) is 12.8 Å². The Morgan fingerprint density at radius 3 is 2.24 bits per heavy atom. The summed E-state index contributed by atoms with van der Waals surface area (Å²) < 4.78 is 0. The molecule has 0 saturated heterocycles. The minimum Gasteiger partial charge on any atom is -0.380 e. The number of rotatable bonds is 5. The summed E-state index contributed by atoms with van der Waals surface area (Å²) in [5.41, 5.74) is 7.10. The highest BCUT2D eigenvalue weighted by molar-refractivity contribution is 5.70. The van der Waals surface area contributed by atoms with Crippen LogP contribution < -0.4 is 5.32 Å². The fraction of sp³-hybridized carbons (Fsp3) is 0.400. The second-order valence-corrected chi connectivity index (χ2v) is 6.46. The van der Waals surface area contributed by atoms with E-state index in [0.29, 0.717) is 0 Å². The minimum atomic E-state index is 0.180. The van der Waals surface area contributed by atoms with Gasteiger partial charge in [-0.3, -0.25) is 0 Å². The van der Waals surface area contributed by atoms with Crippen molar-refractivity contribution in [3.63, 3.8) is 0 Å². The van der Waals surface area contributed by atoms with E-state index in [-0.39, 0.29) is 5.54 Å². The van der Waals surface area contributed by atoms with Crippen LogP contribution in [0.3, 0.4) is 0 Å². The van der Waals surface area contributed by atoms with Gasteiger partial charge >= 0.3 is 0 Å². The van der Waals surface area contributed by atoms with Crippen molar-refractivity contribution in [2.24, 2.45) is 0 Å². The van der Waals surface area contributed by atoms with Crippen molar-refractivity contribution in [1.82, 2.24) is 0 Å². The molecule has 0 unspecified atom stereocenters. The molecule has 0 radical (unpaired) electrons. The van der Waals surface area contributed by atoms with Gasteiger partial charge in [-0.2, -0.15) is 0 Å². The first-order valence-electron chi connectivity index (χ1n) is 8.14. The van der Waals surface area contributed by atoms with Gasteiger partial charge in [-0.15, -0.1) is 0 Å². The molecule has 1 heteroatoms. The molecule has 21 heavy (non-hydrogen) atoms. The van der Waals surface area contributed by atoms with Crippen LogP contribution in [-0.4, -0.2) is 5.54 Å². The molecule has 2 aromatic rings. The van der Waals surface area contributed by atoms with Gasteiger partial charge in [0.25, 0.3) is 0 Å². The van der Waals surface area contributed by atoms with Crippen LogP contribution in [0, 0.1) is 0 Å². The van der Waals surface area contributed by atoms with Gasteiger partial charge in [-0.1, -0.05) is 44.2 Å². The highest BCUT2D eigenvalue weighted by Crippen LogP contribution is 2.31. The second-order valence-electron chi connectivity index (χ2n) is 6.46. The number of anilines is 1. The summed E-state index contributed by atoms with van der Waals surface area (Å²) in [5.74, 6) is 0. The SMILES string of the molecule is CCC(C)(CC)Nc1cccc(-c2ccc3c(c2)CC3)c1. The number of aryl methyl sites for hydroxylation is 2. The van der Waals surface area contributed by atoms with Gasteiger partial charge in [-0.05, 0) is 67.0 Å². The smallest absolute Gasteiger partial charge is 0.0350 e. The Kier molecular flexibility index (Phi) is 3.75. The molecule has 1 aliphatic rings. The second kappa shape index (κ2) is 5.55. The third-order valence-electron chi connectivity index (χ3n) is 5.07. The fourth-order valence-corrected chi connectivity index (χ4v) is 2.93. The molecule has 1 nitrogen and oxygen atoms in total. The van der Waals surface area contributed by atoms with E-state index in [4.69, 9.17) is 0 Å². The van der Waals surface area contributed by atoms with Gasteiger partial charge in [0.15, 0.2) is 0 Å². The fourth-order valence-electron chi connectivity index (χ4n) is 2.93. The van der Waals surface area contributed by atoms with Crippen molar-refractivity contribution in [2.75, 3.05) is 5.32 Å². The highest BCUT2D eigenvalue weighted by atomic mass is 15.0. The minimum absolute atomic E-state index is 0.180. The third kappa shape index (κ3) is 2.83. The summed E-state index contributed by atoms with van der Waals surface area (Å²) >= 11 is 0. The lowest BCUT2D eigenvalue weighted by Gasteiger charge is -2.30. The standard InChI is InChI=1S/C20H25N/c1-4-20(3,5-2)21-19-8-6-7-16(14-19)18-12-10-15-9-11-17(15)13-18/h6-8,10,12-14,21H,4-5,9,11H2,1-3H3. The Hall–Kier alpha value is -1.76. The summed E-state index contributed by atoms with van der Waals surface area (Å²) in [6.45, 7) is 6.79. The lowest BCUT2D eigenvalue weighted by Crippen LogP contribution is -2.32. The Morgan fingerprint density at radius 2 is 1.62 bits per heavy atom. The van der Waals surface area contributed by atoms with Crippen molar-refractivity contribution >= 4 is 5.69 Å². The van der Waals surface area contributed by atoms with Gasteiger partial charge in [-0.25, -0.2) is 0 Å². The molecule has 0 amide bonds. The normalized spacial score (nSPS) is 13.5. The largest absolute Gasteiger partial charge is 0.380 e. The third-order valence-corrected chi connectivity index (χ3v) is 5.07. The molecule has 2 aromatic carbocycles. The molecule has 0 saturated carbocycles. The van der Waals surface area contributed by atoms with Crippen LogP contribution >= 0.6 is 0 Å². The molecule has 110 valence electrons. The molecule has 0 aliphatic heterocycles. The van der Waals surface area contributed by atoms with E-state index < -0.39 is 0 Å². The number of hydrogen-bond donors (Lipinski definition) is 1. The zero-order chi connectivity index (χ0) is 14.9. The molecule has 0 aromatic heterocycles. The lowest BCUT2D eigenvalue weighted by molar-refractivity contribution is 0.478. The Balaban J connectivity index is 1.87. The molecule has 3 rings (SSSR count).